The molecule has 0 radical (unpaired) electrons. The molecule has 5 heteroatoms. The average Bonchev–Trinajstić information content (AvgIpc) is 2.97. The Kier molecular flexibility index (Phi) is 3.83. The summed E-state index contributed by atoms with van der Waals surface area (Å²) in [5, 5.41) is 14.8. The van der Waals surface area contributed by atoms with Crippen molar-refractivity contribution in [3.8, 4) is 0 Å². The fraction of sp³-hybridized carbons (Fsp3) is 0.267. The van der Waals surface area contributed by atoms with Crippen LogP contribution in [0.4, 0.5) is 0 Å². The van der Waals surface area contributed by atoms with Crippen LogP contribution in [0.25, 0.3) is 5.57 Å². The first-order valence-corrected chi connectivity index (χ1v) is 7.23. The quantitative estimate of drug-likeness (QED) is 0.941. The molecule has 0 fully saturated rings. The van der Waals surface area contributed by atoms with Crippen molar-refractivity contribution >= 4 is 28.8 Å². The number of aliphatic hydroxyl groups excluding tert-OH is 1. The van der Waals surface area contributed by atoms with Gasteiger partial charge in [0.05, 0.1) is 25.0 Å². The number of benzene rings is 1. The third-order valence-corrected chi connectivity index (χ3v) is 4.14. The highest BCUT2D eigenvalue weighted by Gasteiger charge is 2.21. The van der Waals surface area contributed by atoms with Crippen LogP contribution in [-0.2, 0) is 13.0 Å². The Balaban J connectivity index is 1.95. The summed E-state index contributed by atoms with van der Waals surface area (Å²) >= 11 is 12.1. The predicted molar refractivity (Wildman–Crippen MR) is 81.2 cm³/mol. The maximum absolute atomic E-state index is 9.10. The fourth-order valence-electron chi connectivity index (χ4n) is 2.61. The molecule has 2 aromatic rings. The summed E-state index contributed by atoms with van der Waals surface area (Å²) < 4.78 is 1.94. The van der Waals surface area contributed by atoms with Crippen LogP contribution in [0.5, 0.6) is 0 Å². The third kappa shape index (κ3) is 2.49. The van der Waals surface area contributed by atoms with E-state index in [1.54, 1.807) is 6.07 Å². The molecular weight excluding hydrogens is 295 g/mol. The first-order chi connectivity index (χ1) is 9.69. The van der Waals surface area contributed by atoms with Crippen molar-refractivity contribution in [2.45, 2.75) is 19.4 Å². The van der Waals surface area contributed by atoms with Gasteiger partial charge in [0.2, 0.25) is 0 Å². The van der Waals surface area contributed by atoms with Crippen molar-refractivity contribution in [3.05, 3.63) is 57.3 Å². The number of fused-ring (bicyclic) bond motifs is 1. The van der Waals surface area contributed by atoms with Gasteiger partial charge in [0.1, 0.15) is 0 Å². The summed E-state index contributed by atoms with van der Waals surface area (Å²) in [6, 6.07) is 5.49. The van der Waals surface area contributed by atoms with Gasteiger partial charge in [-0.15, -0.1) is 0 Å². The normalized spacial score (nSPS) is 15.8. The van der Waals surface area contributed by atoms with Gasteiger partial charge in [0.25, 0.3) is 0 Å². The molecule has 104 valence electrons. The second kappa shape index (κ2) is 5.60. The van der Waals surface area contributed by atoms with E-state index in [-0.39, 0.29) is 6.61 Å². The van der Waals surface area contributed by atoms with E-state index in [9.17, 15) is 0 Å². The highest BCUT2D eigenvalue weighted by Crippen LogP contribution is 2.32. The summed E-state index contributed by atoms with van der Waals surface area (Å²) in [5.41, 5.74) is 4.49. The zero-order valence-electron chi connectivity index (χ0n) is 10.8. The molecule has 1 aromatic carbocycles. The molecule has 0 bridgehead atoms. The summed E-state index contributed by atoms with van der Waals surface area (Å²) in [6.07, 6.45) is 5.70. The standard InChI is InChI=1S/C15H14Cl2N2O/c16-13-4-3-12(14(17)7-13)9-19-15-10(5-6-20)1-2-11(15)8-18-19/h3-5,7-8,20H,1-2,6,9H2/b10-5+. The molecule has 0 spiro atoms. The number of aryl methyl sites for hydroxylation is 1. The number of rotatable bonds is 3. The molecule has 3 nitrogen and oxygen atoms in total. The van der Waals surface area contributed by atoms with Crippen LogP contribution in [0.3, 0.4) is 0 Å². The van der Waals surface area contributed by atoms with E-state index < -0.39 is 0 Å². The lowest BCUT2D eigenvalue weighted by atomic mass is 10.2. The Hall–Kier alpha value is -1.29. The van der Waals surface area contributed by atoms with Gasteiger partial charge >= 0.3 is 0 Å². The van der Waals surface area contributed by atoms with E-state index >= 15 is 0 Å². The van der Waals surface area contributed by atoms with Crippen LogP contribution in [0.2, 0.25) is 10.0 Å². The van der Waals surface area contributed by atoms with Gasteiger partial charge in [-0.25, -0.2) is 0 Å². The lowest BCUT2D eigenvalue weighted by Gasteiger charge is -2.09. The molecule has 20 heavy (non-hydrogen) atoms. The van der Waals surface area contributed by atoms with Crippen LogP contribution < -0.4 is 0 Å². The number of allylic oxidation sites excluding steroid dienone is 1. The van der Waals surface area contributed by atoms with Crippen molar-refractivity contribution in [1.29, 1.82) is 0 Å². The van der Waals surface area contributed by atoms with Crippen LogP contribution >= 0.6 is 23.2 Å². The molecule has 0 amide bonds. The van der Waals surface area contributed by atoms with Crippen molar-refractivity contribution in [2.24, 2.45) is 0 Å². The van der Waals surface area contributed by atoms with Crippen LogP contribution in [0, 0.1) is 0 Å². The number of nitrogens with zero attached hydrogens (tertiary/aromatic N) is 2. The van der Waals surface area contributed by atoms with Gasteiger partial charge in [0.15, 0.2) is 0 Å². The Morgan fingerprint density at radius 1 is 1.30 bits per heavy atom. The fourth-order valence-corrected chi connectivity index (χ4v) is 3.08. The van der Waals surface area contributed by atoms with Crippen molar-refractivity contribution in [1.82, 2.24) is 9.78 Å². The maximum atomic E-state index is 9.10. The summed E-state index contributed by atoms with van der Waals surface area (Å²) in [4.78, 5) is 0. The summed E-state index contributed by atoms with van der Waals surface area (Å²) in [7, 11) is 0. The molecular formula is C15H14Cl2N2O. The zero-order valence-corrected chi connectivity index (χ0v) is 12.3. The van der Waals surface area contributed by atoms with Gasteiger partial charge in [-0.05, 0) is 41.7 Å². The Morgan fingerprint density at radius 3 is 2.90 bits per heavy atom. The van der Waals surface area contributed by atoms with Crippen LogP contribution in [-0.4, -0.2) is 21.5 Å². The van der Waals surface area contributed by atoms with E-state index in [0.717, 1.165) is 29.7 Å². The molecule has 3 rings (SSSR count). The minimum atomic E-state index is 0.0572. The molecule has 0 unspecified atom stereocenters. The van der Waals surface area contributed by atoms with E-state index in [1.165, 1.54) is 5.56 Å². The van der Waals surface area contributed by atoms with Crippen LogP contribution in [0.15, 0.2) is 30.5 Å². The lowest BCUT2D eigenvalue weighted by Crippen LogP contribution is -2.06. The summed E-state index contributed by atoms with van der Waals surface area (Å²) in [6.45, 7) is 0.662. The highest BCUT2D eigenvalue weighted by atomic mass is 35.5. The Labute approximate surface area is 127 Å². The molecule has 0 atom stereocenters. The smallest absolute Gasteiger partial charge is 0.0681 e. The van der Waals surface area contributed by atoms with E-state index in [2.05, 4.69) is 5.10 Å². The van der Waals surface area contributed by atoms with Gasteiger partial charge in [-0.3, -0.25) is 4.68 Å². The third-order valence-electron chi connectivity index (χ3n) is 3.56. The van der Waals surface area contributed by atoms with Gasteiger partial charge < -0.3 is 5.11 Å². The largest absolute Gasteiger partial charge is 0.392 e. The molecule has 1 aliphatic rings. The maximum Gasteiger partial charge on any atom is 0.0681 e. The molecule has 0 saturated heterocycles. The van der Waals surface area contributed by atoms with E-state index in [1.807, 2.05) is 29.1 Å². The number of hydrogen-bond acceptors (Lipinski definition) is 2. The topological polar surface area (TPSA) is 38.1 Å². The molecule has 0 aliphatic heterocycles. The van der Waals surface area contributed by atoms with E-state index in [4.69, 9.17) is 28.3 Å². The Morgan fingerprint density at radius 2 is 2.15 bits per heavy atom. The van der Waals surface area contributed by atoms with Crippen molar-refractivity contribution < 1.29 is 5.11 Å². The second-order valence-electron chi connectivity index (χ2n) is 4.82. The first-order valence-electron chi connectivity index (χ1n) is 6.48. The minimum Gasteiger partial charge on any atom is -0.392 e. The Bertz CT molecular complexity index is 677. The predicted octanol–water partition coefficient (Wildman–Crippen LogP) is 3.56. The van der Waals surface area contributed by atoms with Crippen molar-refractivity contribution in [2.75, 3.05) is 6.61 Å². The number of aliphatic hydroxyl groups is 1. The number of halogens is 2. The summed E-state index contributed by atoms with van der Waals surface area (Å²) in [5.74, 6) is 0. The highest BCUT2D eigenvalue weighted by molar-refractivity contribution is 6.35. The molecule has 1 aromatic heterocycles. The van der Waals surface area contributed by atoms with Crippen LogP contribution in [0.1, 0.15) is 23.2 Å². The van der Waals surface area contributed by atoms with Gasteiger partial charge in [-0.1, -0.05) is 35.3 Å². The molecule has 1 aliphatic carbocycles. The van der Waals surface area contributed by atoms with Gasteiger partial charge in [-0.2, -0.15) is 5.10 Å². The number of hydrogen-bond donors (Lipinski definition) is 1. The van der Waals surface area contributed by atoms with E-state index in [0.29, 0.717) is 16.6 Å². The second-order valence-corrected chi connectivity index (χ2v) is 5.67. The average molecular weight is 309 g/mol. The lowest BCUT2D eigenvalue weighted by molar-refractivity contribution is 0.343. The first kappa shape index (κ1) is 13.7. The molecule has 1 N–H and O–H groups in total. The zero-order chi connectivity index (χ0) is 14.1. The molecule has 0 saturated carbocycles. The number of aromatic nitrogens is 2. The molecule has 1 heterocycles. The minimum absolute atomic E-state index is 0.0572. The SMILES string of the molecule is OC/C=C1\CCc2cnn(Cc3ccc(Cl)cc3Cl)c21. The van der Waals surface area contributed by atoms with Crippen molar-refractivity contribution in [3.63, 3.8) is 0 Å². The monoisotopic (exact) mass is 308 g/mol. The van der Waals surface area contributed by atoms with Gasteiger partial charge in [0, 0.05) is 10.0 Å².